The molecular weight excluding hydrogens is 448 g/mol. The maximum atomic E-state index is 13.2. The number of anilines is 1. The van der Waals surface area contributed by atoms with Crippen LogP contribution in [0.1, 0.15) is 19.1 Å². The second-order valence-electron chi connectivity index (χ2n) is 7.00. The monoisotopic (exact) mass is 470 g/mol. The highest BCUT2D eigenvalue weighted by atomic mass is 32.2. The molecule has 0 radical (unpaired) electrons. The molecule has 0 saturated carbocycles. The molecule has 0 bridgehead atoms. The quantitative estimate of drug-likeness (QED) is 0.353. The number of furan rings is 1. The van der Waals surface area contributed by atoms with Gasteiger partial charge in [0.25, 0.3) is 0 Å². The molecule has 0 aliphatic rings. The number of benzene rings is 2. The lowest BCUT2D eigenvalue weighted by Crippen LogP contribution is -2.31. The number of hydrogen-bond acceptors (Lipinski definition) is 7. The van der Waals surface area contributed by atoms with Crippen molar-refractivity contribution in [3.8, 4) is 5.75 Å². The molecule has 0 fully saturated rings. The van der Waals surface area contributed by atoms with E-state index >= 15 is 0 Å². The van der Waals surface area contributed by atoms with Gasteiger partial charge in [-0.2, -0.15) is 0 Å². The van der Waals surface area contributed by atoms with E-state index in [-0.39, 0.29) is 29.5 Å². The van der Waals surface area contributed by atoms with Crippen LogP contribution in [0.25, 0.3) is 10.2 Å². The number of fused-ring (bicyclic) bond motifs is 1. The van der Waals surface area contributed by atoms with Crippen molar-refractivity contribution in [3.63, 3.8) is 0 Å². The number of sulfone groups is 1. The number of hydrogen-bond donors (Lipinski definition) is 0. The van der Waals surface area contributed by atoms with Gasteiger partial charge in [0.1, 0.15) is 11.5 Å². The molecule has 32 heavy (non-hydrogen) atoms. The molecule has 1 amide bonds. The Morgan fingerprint density at radius 2 is 1.94 bits per heavy atom. The predicted molar refractivity (Wildman–Crippen MR) is 124 cm³/mol. The van der Waals surface area contributed by atoms with E-state index in [1.54, 1.807) is 30.3 Å². The first-order valence-corrected chi connectivity index (χ1v) is 12.6. The third-order valence-electron chi connectivity index (χ3n) is 4.77. The number of carbonyl (C=O) groups is 1. The minimum atomic E-state index is -3.57. The van der Waals surface area contributed by atoms with E-state index in [0.717, 1.165) is 16.0 Å². The summed E-state index contributed by atoms with van der Waals surface area (Å²) in [5.74, 6) is 0.681. The maximum Gasteiger partial charge on any atom is 0.230 e. The molecule has 2 aromatic carbocycles. The zero-order valence-corrected chi connectivity index (χ0v) is 19.1. The standard InChI is InChI=1S/C23H22N2O5S2/c1-2-29-17-10-11-20-21(15-17)31-23(24-20)25(16-18-7-6-13-30-18)22(26)12-14-32(27,28)19-8-4-3-5-9-19/h3-11,13,15H,2,12,14,16H2,1H3. The first-order valence-electron chi connectivity index (χ1n) is 10.1. The highest BCUT2D eigenvalue weighted by Gasteiger charge is 2.24. The van der Waals surface area contributed by atoms with Crippen LogP contribution >= 0.6 is 11.3 Å². The van der Waals surface area contributed by atoms with E-state index in [4.69, 9.17) is 9.15 Å². The Balaban J connectivity index is 1.59. The molecule has 166 valence electrons. The van der Waals surface area contributed by atoms with Gasteiger partial charge in [-0.25, -0.2) is 13.4 Å². The van der Waals surface area contributed by atoms with Crippen molar-refractivity contribution in [1.82, 2.24) is 4.98 Å². The van der Waals surface area contributed by atoms with E-state index in [2.05, 4.69) is 4.98 Å². The van der Waals surface area contributed by atoms with Crippen LogP contribution in [-0.2, 0) is 21.2 Å². The molecule has 0 spiro atoms. The Bertz CT molecular complexity index is 1300. The Labute approximate surface area is 190 Å². The number of rotatable bonds is 9. The van der Waals surface area contributed by atoms with Crippen LogP contribution < -0.4 is 9.64 Å². The smallest absolute Gasteiger partial charge is 0.230 e. The van der Waals surface area contributed by atoms with Crippen LogP contribution in [0.15, 0.2) is 76.2 Å². The van der Waals surface area contributed by atoms with Crippen molar-refractivity contribution >= 4 is 42.4 Å². The Kier molecular flexibility index (Phi) is 6.57. The van der Waals surface area contributed by atoms with E-state index in [0.29, 0.717) is 17.5 Å². The van der Waals surface area contributed by atoms with E-state index in [1.165, 1.54) is 34.6 Å². The first-order chi connectivity index (χ1) is 15.5. The minimum absolute atomic E-state index is 0.162. The van der Waals surface area contributed by atoms with Gasteiger partial charge in [-0.1, -0.05) is 29.5 Å². The number of amides is 1. The number of aromatic nitrogens is 1. The molecule has 0 N–H and O–H groups in total. The summed E-state index contributed by atoms with van der Waals surface area (Å²) in [7, 11) is -3.57. The number of carbonyl (C=O) groups excluding carboxylic acids is 1. The highest BCUT2D eigenvalue weighted by Crippen LogP contribution is 2.33. The first kappa shape index (κ1) is 22.0. The largest absolute Gasteiger partial charge is 0.494 e. The second kappa shape index (κ2) is 9.54. The van der Waals surface area contributed by atoms with Crippen molar-refractivity contribution in [3.05, 3.63) is 72.7 Å². The lowest BCUT2D eigenvalue weighted by atomic mass is 10.3. The summed E-state index contributed by atoms with van der Waals surface area (Å²) < 4.78 is 37.1. The molecule has 0 atom stereocenters. The van der Waals surface area contributed by atoms with Gasteiger partial charge in [0, 0.05) is 6.42 Å². The molecular formula is C23H22N2O5S2. The van der Waals surface area contributed by atoms with Gasteiger partial charge in [0.05, 0.1) is 40.3 Å². The zero-order valence-electron chi connectivity index (χ0n) is 17.4. The Hall–Kier alpha value is -3.17. The van der Waals surface area contributed by atoms with Gasteiger partial charge >= 0.3 is 0 Å². The van der Waals surface area contributed by atoms with Crippen LogP contribution in [0.4, 0.5) is 5.13 Å². The van der Waals surface area contributed by atoms with Gasteiger partial charge in [-0.15, -0.1) is 0 Å². The van der Waals surface area contributed by atoms with Crippen molar-refractivity contribution in [2.24, 2.45) is 0 Å². The number of nitrogens with zero attached hydrogens (tertiary/aromatic N) is 2. The third-order valence-corrected chi connectivity index (χ3v) is 7.55. The maximum absolute atomic E-state index is 13.2. The average molecular weight is 471 g/mol. The number of ether oxygens (including phenoxy) is 1. The fourth-order valence-corrected chi connectivity index (χ4v) is 5.45. The van der Waals surface area contributed by atoms with Gasteiger partial charge in [-0.05, 0) is 49.4 Å². The van der Waals surface area contributed by atoms with Crippen LogP contribution in [0.2, 0.25) is 0 Å². The molecule has 9 heteroatoms. The Morgan fingerprint density at radius 3 is 2.66 bits per heavy atom. The van der Waals surface area contributed by atoms with Crippen molar-refractivity contribution < 1.29 is 22.4 Å². The zero-order chi connectivity index (χ0) is 22.6. The van der Waals surface area contributed by atoms with Crippen molar-refractivity contribution in [2.45, 2.75) is 24.8 Å². The lowest BCUT2D eigenvalue weighted by Gasteiger charge is -2.18. The summed E-state index contributed by atoms with van der Waals surface area (Å²) in [5, 5.41) is 0.479. The van der Waals surface area contributed by atoms with Crippen LogP contribution in [0, 0.1) is 0 Å². The summed E-state index contributed by atoms with van der Waals surface area (Å²) >= 11 is 1.35. The van der Waals surface area contributed by atoms with Gasteiger partial charge in [0.2, 0.25) is 5.91 Å². The molecule has 2 heterocycles. The molecule has 0 aliphatic carbocycles. The van der Waals surface area contributed by atoms with Crippen molar-refractivity contribution in [1.29, 1.82) is 0 Å². The fourth-order valence-electron chi connectivity index (χ4n) is 3.19. The fraction of sp³-hybridized carbons (Fsp3) is 0.217. The Morgan fingerprint density at radius 1 is 1.12 bits per heavy atom. The number of thiazole rings is 1. The summed E-state index contributed by atoms with van der Waals surface area (Å²) in [4.78, 5) is 19.4. The van der Waals surface area contributed by atoms with E-state index in [1.807, 2.05) is 25.1 Å². The minimum Gasteiger partial charge on any atom is -0.494 e. The van der Waals surface area contributed by atoms with Crippen LogP contribution in [0.5, 0.6) is 5.75 Å². The second-order valence-corrected chi connectivity index (χ2v) is 10.1. The van der Waals surface area contributed by atoms with Crippen LogP contribution in [-0.4, -0.2) is 31.7 Å². The van der Waals surface area contributed by atoms with Crippen molar-refractivity contribution in [2.75, 3.05) is 17.3 Å². The lowest BCUT2D eigenvalue weighted by molar-refractivity contribution is -0.118. The molecule has 2 aromatic heterocycles. The summed E-state index contributed by atoms with van der Waals surface area (Å²) in [6.07, 6.45) is 1.36. The normalized spacial score (nSPS) is 11.5. The summed E-state index contributed by atoms with van der Waals surface area (Å²) in [6.45, 7) is 2.63. The van der Waals surface area contributed by atoms with Gasteiger partial charge in [0.15, 0.2) is 15.0 Å². The summed E-state index contributed by atoms with van der Waals surface area (Å²) in [5.41, 5.74) is 0.739. The van der Waals surface area contributed by atoms with Gasteiger partial charge < -0.3 is 9.15 Å². The third kappa shape index (κ3) is 5.00. The highest BCUT2D eigenvalue weighted by molar-refractivity contribution is 7.91. The SMILES string of the molecule is CCOc1ccc2nc(N(Cc3ccco3)C(=O)CCS(=O)(=O)c3ccccc3)sc2c1. The molecule has 0 aliphatic heterocycles. The predicted octanol–water partition coefficient (Wildman–Crippen LogP) is 4.69. The van der Waals surface area contributed by atoms with E-state index < -0.39 is 9.84 Å². The summed E-state index contributed by atoms with van der Waals surface area (Å²) in [6, 6.07) is 17.2. The molecule has 0 unspecified atom stereocenters. The van der Waals surface area contributed by atoms with Gasteiger partial charge in [-0.3, -0.25) is 9.69 Å². The van der Waals surface area contributed by atoms with E-state index in [9.17, 15) is 13.2 Å². The molecule has 4 aromatic rings. The molecule has 7 nitrogen and oxygen atoms in total. The molecule has 0 saturated heterocycles. The average Bonchev–Trinajstić information content (AvgIpc) is 3.46. The van der Waals surface area contributed by atoms with Crippen LogP contribution in [0.3, 0.4) is 0 Å². The molecule has 4 rings (SSSR count). The topological polar surface area (TPSA) is 89.7 Å².